The van der Waals surface area contributed by atoms with Crippen molar-refractivity contribution in [2.75, 3.05) is 12.3 Å². The highest BCUT2D eigenvalue weighted by Crippen LogP contribution is 2.23. The van der Waals surface area contributed by atoms with E-state index >= 15 is 0 Å². The number of carbonyl (C=O) groups is 1. The standard InChI is InChI=1S/C16H22FNOS/c17-14-8-4-5-9-15(14)20-11-10-16(19)18-12-13-6-2-1-3-7-13/h4-5,8-9,13H,1-3,6-7,10-12H2,(H,18,19). The summed E-state index contributed by atoms with van der Waals surface area (Å²) in [6.07, 6.45) is 6.86. The van der Waals surface area contributed by atoms with Gasteiger partial charge in [-0.15, -0.1) is 11.8 Å². The minimum Gasteiger partial charge on any atom is -0.356 e. The van der Waals surface area contributed by atoms with Gasteiger partial charge in [-0.3, -0.25) is 4.79 Å². The molecule has 2 rings (SSSR count). The van der Waals surface area contributed by atoms with Crippen molar-refractivity contribution in [3.8, 4) is 0 Å². The molecule has 0 heterocycles. The maximum absolute atomic E-state index is 13.4. The van der Waals surface area contributed by atoms with Crippen LogP contribution in [-0.2, 0) is 4.79 Å². The second-order valence-corrected chi connectivity index (χ2v) is 6.47. The van der Waals surface area contributed by atoms with E-state index in [1.165, 1.54) is 49.9 Å². The van der Waals surface area contributed by atoms with Gasteiger partial charge < -0.3 is 5.32 Å². The molecule has 2 nitrogen and oxygen atoms in total. The summed E-state index contributed by atoms with van der Waals surface area (Å²) < 4.78 is 13.4. The molecular weight excluding hydrogens is 273 g/mol. The Labute approximate surface area is 124 Å². The van der Waals surface area contributed by atoms with Crippen LogP contribution in [0.4, 0.5) is 4.39 Å². The van der Waals surface area contributed by atoms with Gasteiger partial charge in [0.05, 0.1) is 0 Å². The molecule has 0 bridgehead atoms. The molecule has 0 saturated heterocycles. The first kappa shape index (κ1) is 15.4. The molecule has 0 spiro atoms. The third-order valence-electron chi connectivity index (χ3n) is 3.74. The van der Waals surface area contributed by atoms with Crippen LogP contribution in [0.15, 0.2) is 29.2 Å². The van der Waals surface area contributed by atoms with Crippen molar-refractivity contribution in [2.45, 2.75) is 43.4 Å². The highest BCUT2D eigenvalue weighted by atomic mass is 32.2. The first-order valence-corrected chi connectivity index (χ1v) is 8.38. The molecule has 110 valence electrons. The summed E-state index contributed by atoms with van der Waals surface area (Å²) in [6, 6.07) is 6.69. The van der Waals surface area contributed by atoms with Gasteiger partial charge in [0.1, 0.15) is 5.82 Å². The number of benzene rings is 1. The summed E-state index contributed by atoms with van der Waals surface area (Å²) in [4.78, 5) is 12.4. The molecular formula is C16H22FNOS. The SMILES string of the molecule is O=C(CCSc1ccccc1F)NCC1CCCCC1. The average Bonchev–Trinajstić information content (AvgIpc) is 2.48. The Morgan fingerprint density at radius 2 is 2.00 bits per heavy atom. The van der Waals surface area contributed by atoms with Crippen LogP contribution in [0.25, 0.3) is 0 Å². The fourth-order valence-electron chi connectivity index (χ4n) is 2.55. The first-order chi connectivity index (χ1) is 9.75. The number of nitrogens with one attached hydrogen (secondary N) is 1. The van der Waals surface area contributed by atoms with Crippen molar-refractivity contribution >= 4 is 17.7 Å². The Hall–Kier alpha value is -1.03. The molecule has 1 aromatic rings. The summed E-state index contributed by atoms with van der Waals surface area (Å²) in [6.45, 7) is 0.809. The Bertz CT molecular complexity index is 432. The van der Waals surface area contributed by atoms with Gasteiger partial charge in [-0.1, -0.05) is 31.4 Å². The zero-order chi connectivity index (χ0) is 14.2. The number of amides is 1. The Kier molecular flexibility index (Phi) is 6.37. The zero-order valence-electron chi connectivity index (χ0n) is 11.7. The van der Waals surface area contributed by atoms with Gasteiger partial charge in [-0.25, -0.2) is 4.39 Å². The van der Waals surface area contributed by atoms with E-state index in [4.69, 9.17) is 0 Å². The molecule has 1 aromatic carbocycles. The third-order valence-corrected chi connectivity index (χ3v) is 4.79. The van der Waals surface area contributed by atoms with E-state index in [1.807, 2.05) is 6.07 Å². The first-order valence-electron chi connectivity index (χ1n) is 7.40. The fourth-order valence-corrected chi connectivity index (χ4v) is 3.44. The largest absolute Gasteiger partial charge is 0.356 e. The number of carbonyl (C=O) groups excluding carboxylic acids is 1. The molecule has 0 aromatic heterocycles. The predicted octanol–water partition coefficient (Wildman–Crippen LogP) is 4.00. The smallest absolute Gasteiger partial charge is 0.220 e. The molecule has 1 fully saturated rings. The topological polar surface area (TPSA) is 29.1 Å². The molecule has 1 amide bonds. The van der Waals surface area contributed by atoms with Crippen LogP contribution in [0.2, 0.25) is 0 Å². The summed E-state index contributed by atoms with van der Waals surface area (Å²) in [5.41, 5.74) is 0. The van der Waals surface area contributed by atoms with Crippen LogP contribution in [0.5, 0.6) is 0 Å². The third kappa shape index (κ3) is 5.16. The van der Waals surface area contributed by atoms with Crippen molar-refractivity contribution in [2.24, 2.45) is 5.92 Å². The molecule has 1 aliphatic rings. The molecule has 20 heavy (non-hydrogen) atoms. The molecule has 4 heteroatoms. The van der Waals surface area contributed by atoms with Crippen molar-refractivity contribution < 1.29 is 9.18 Å². The monoisotopic (exact) mass is 295 g/mol. The maximum Gasteiger partial charge on any atom is 0.220 e. The van der Waals surface area contributed by atoms with Gasteiger partial charge >= 0.3 is 0 Å². The van der Waals surface area contributed by atoms with Crippen LogP contribution >= 0.6 is 11.8 Å². The molecule has 0 unspecified atom stereocenters. The number of hydrogen-bond donors (Lipinski definition) is 1. The van der Waals surface area contributed by atoms with Crippen molar-refractivity contribution in [1.29, 1.82) is 0 Å². The number of hydrogen-bond acceptors (Lipinski definition) is 2. The summed E-state index contributed by atoms with van der Waals surface area (Å²) >= 11 is 1.40. The molecule has 1 aliphatic carbocycles. The van der Waals surface area contributed by atoms with Gasteiger partial charge in [0.25, 0.3) is 0 Å². The second-order valence-electron chi connectivity index (χ2n) is 5.34. The van der Waals surface area contributed by atoms with Crippen LogP contribution in [0, 0.1) is 11.7 Å². The lowest BCUT2D eigenvalue weighted by Crippen LogP contribution is -2.30. The molecule has 1 saturated carbocycles. The van der Waals surface area contributed by atoms with Gasteiger partial charge in [-0.05, 0) is 30.9 Å². The number of halogens is 1. The van der Waals surface area contributed by atoms with Crippen LogP contribution in [-0.4, -0.2) is 18.2 Å². The van der Waals surface area contributed by atoms with E-state index in [-0.39, 0.29) is 11.7 Å². The quantitative estimate of drug-likeness (QED) is 0.804. The molecule has 1 N–H and O–H groups in total. The number of thioether (sulfide) groups is 1. The van der Waals surface area contributed by atoms with Crippen molar-refractivity contribution in [3.63, 3.8) is 0 Å². The fraction of sp³-hybridized carbons (Fsp3) is 0.562. The highest BCUT2D eigenvalue weighted by Gasteiger charge is 2.14. The highest BCUT2D eigenvalue weighted by molar-refractivity contribution is 7.99. The van der Waals surface area contributed by atoms with E-state index in [1.54, 1.807) is 12.1 Å². The summed E-state index contributed by atoms with van der Waals surface area (Å²) in [5.74, 6) is 1.16. The minimum atomic E-state index is -0.208. The maximum atomic E-state index is 13.4. The van der Waals surface area contributed by atoms with Crippen LogP contribution < -0.4 is 5.32 Å². The van der Waals surface area contributed by atoms with Crippen molar-refractivity contribution in [3.05, 3.63) is 30.1 Å². The Morgan fingerprint density at radius 3 is 2.75 bits per heavy atom. The molecule has 0 atom stereocenters. The molecule has 0 radical (unpaired) electrons. The predicted molar refractivity (Wildman–Crippen MR) is 81.3 cm³/mol. The Morgan fingerprint density at radius 1 is 1.25 bits per heavy atom. The lowest BCUT2D eigenvalue weighted by Gasteiger charge is -2.21. The summed E-state index contributed by atoms with van der Waals surface area (Å²) in [5, 5.41) is 3.01. The lowest BCUT2D eigenvalue weighted by molar-refractivity contribution is -0.120. The van der Waals surface area contributed by atoms with Crippen molar-refractivity contribution in [1.82, 2.24) is 5.32 Å². The van der Waals surface area contributed by atoms with Gasteiger partial charge in [-0.2, -0.15) is 0 Å². The van der Waals surface area contributed by atoms with E-state index < -0.39 is 0 Å². The second kappa shape index (κ2) is 8.30. The van der Waals surface area contributed by atoms with Gasteiger partial charge in [0, 0.05) is 23.6 Å². The average molecular weight is 295 g/mol. The van der Waals surface area contributed by atoms with Crippen LogP contribution in [0.1, 0.15) is 38.5 Å². The number of rotatable bonds is 6. The summed E-state index contributed by atoms with van der Waals surface area (Å²) in [7, 11) is 0. The van der Waals surface area contributed by atoms with E-state index in [2.05, 4.69) is 5.32 Å². The van der Waals surface area contributed by atoms with E-state index in [0.29, 0.717) is 23.0 Å². The van der Waals surface area contributed by atoms with E-state index in [9.17, 15) is 9.18 Å². The zero-order valence-corrected chi connectivity index (χ0v) is 12.6. The normalized spacial score (nSPS) is 16.1. The van der Waals surface area contributed by atoms with Crippen LogP contribution in [0.3, 0.4) is 0 Å². The Balaban J connectivity index is 1.61. The molecule has 0 aliphatic heterocycles. The van der Waals surface area contributed by atoms with E-state index in [0.717, 1.165) is 6.54 Å². The minimum absolute atomic E-state index is 0.0828. The van der Waals surface area contributed by atoms with Gasteiger partial charge in [0.2, 0.25) is 5.91 Å². The lowest BCUT2D eigenvalue weighted by atomic mass is 9.89. The van der Waals surface area contributed by atoms with Gasteiger partial charge in [0.15, 0.2) is 0 Å².